The van der Waals surface area contributed by atoms with E-state index in [1.807, 2.05) is 0 Å². The normalized spacial score (nSPS) is 15.5. The van der Waals surface area contributed by atoms with Gasteiger partial charge < -0.3 is 0 Å². The molecule has 1 aromatic carbocycles. The Balaban J connectivity index is 1.68. The zero-order chi connectivity index (χ0) is 15.1. The van der Waals surface area contributed by atoms with Crippen molar-refractivity contribution < 1.29 is 14.0 Å². The molecule has 114 valence electrons. The third kappa shape index (κ3) is 5.53. The molecule has 5 heteroatoms. The maximum absolute atomic E-state index is 12.7. The summed E-state index contributed by atoms with van der Waals surface area (Å²) in [7, 11) is 0. The van der Waals surface area contributed by atoms with E-state index in [1.54, 1.807) is 12.1 Å². The number of rotatable bonds is 4. The Hall–Kier alpha value is -1.91. The summed E-state index contributed by atoms with van der Waals surface area (Å²) in [5.41, 5.74) is 5.56. The van der Waals surface area contributed by atoms with Gasteiger partial charge in [0.25, 0.3) is 0 Å². The monoisotopic (exact) mass is 292 g/mol. The highest BCUT2D eigenvalue weighted by Crippen LogP contribution is 2.25. The van der Waals surface area contributed by atoms with E-state index < -0.39 is 0 Å². The second kappa shape index (κ2) is 7.76. The molecule has 2 amide bonds. The molecule has 0 heterocycles. The molecule has 2 N–H and O–H groups in total. The molecule has 1 aromatic rings. The van der Waals surface area contributed by atoms with Crippen molar-refractivity contribution in [3.63, 3.8) is 0 Å². The van der Waals surface area contributed by atoms with Gasteiger partial charge in [-0.25, -0.2) is 4.39 Å². The first-order chi connectivity index (χ1) is 10.1. The molecule has 4 nitrogen and oxygen atoms in total. The zero-order valence-electron chi connectivity index (χ0n) is 12.0. The highest BCUT2D eigenvalue weighted by Gasteiger charge is 2.17. The lowest BCUT2D eigenvalue weighted by Gasteiger charge is -2.20. The molecular formula is C16H21FN2O2. The smallest absolute Gasteiger partial charge is 0.242 e. The van der Waals surface area contributed by atoms with E-state index in [0.717, 1.165) is 12.8 Å². The van der Waals surface area contributed by atoms with Gasteiger partial charge in [-0.3, -0.25) is 20.4 Å². The van der Waals surface area contributed by atoms with Gasteiger partial charge in [0.1, 0.15) is 5.82 Å². The molecule has 1 aliphatic carbocycles. The minimum atomic E-state index is -0.333. The molecule has 0 bridgehead atoms. The summed E-state index contributed by atoms with van der Waals surface area (Å²) in [5, 5.41) is 0. The molecule has 1 saturated carbocycles. The summed E-state index contributed by atoms with van der Waals surface area (Å²) in [6.07, 6.45) is 6.41. The maximum Gasteiger partial charge on any atom is 0.242 e. The number of benzene rings is 1. The molecule has 0 radical (unpaired) electrons. The van der Waals surface area contributed by atoms with Gasteiger partial charge in [-0.15, -0.1) is 0 Å². The van der Waals surface area contributed by atoms with E-state index in [-0.39, 0.29) is 24.1 Å². The fraction of sp³-hybridized carbons (Fsp3) is 0.500. The summed E-state index contributed by atoms with van der Waals surface area (Å²) in [6, 6.07) is 5.73. The number of hydrogen-bond donors (Lipinski definition) is 2. The van der Waals surface area contributed by atoms with Gasteiger partial charge in [-0.1, -0.05) is 31.4 Å². The van der Waals surface area contributed by atoms with Crippen molar-refractivity contribution in [2.24, 2.45) is 5.92 Å². The van der Waals surface area contributed by atoms with Crippen LogP contribution in [-0.4, -0.2) is 11.8 Å². The first-order valence-corrected chi connectivity index (χ1v) is 7.45. The molecule has 0 spiro atoms. The van der Waals surface area contributed by atoms with Gasteiger partial charge in [0.05, 0.1) is 6.42 Å². The maximum atomic E-state index is 12.7. The molecule has 0 aliphatic heterocycles. The van der Waals surface area contributed by atoms with Gasteiger partial charge >= 0.3 is 0 Å². The van der Waals surface area contributed by atoms with Crippen LogP contribution in [0.4, 0.5) is 4.39 Å². The zero-order valence-corrected chi connectivity index (χ0v) is 12.0. The Labute approximate surface area is 124 Å². The highest BCUT2D eigenvalue weighted by atomic mass is 19.1. The van der Waals surface area contributed by atoms with E-state index in [9.17, 15) is 14.0 Å². The van der Waals surface area contributed by atoms with Crippen LogP contribution in [0.5, 0.6) is 0 Å². The van der Waals surface area contributed by atoms with E-state index in [4.69, 9.17) is 0 Å². The molecular weight excluding hydrogens is 271 g/mol. The van der Waals surface area contributed by atoms with Crippen LogP contribution >= 0.6 is 0 Å². The van der Waals surface area contributed by atoms with Crippen LogP contribution in [0.2, 0.25) is 0 Å². The van der Waals surface area contributed by atoms with Crippen molar-refractivity contribution in [3.8, 4) is 0 Å². The number of nitrogens with one attached hydrogen (secondary N) is 2. The largest absolute Gasteiger partial charge is 0.273 e. The number of hydrogen-bond acceptors (Lipinski definition) is 2. The quantitative estimate of drug-likeness (QED) is 0.838. The van der Waals surface area contributed by atoms with Crippen LogP contribution in [0.3, 0.4) is 0 Å². The van der Waals surface area contributed by atoms with Gasteiger partial charge in [0.2, 0.25) is 11.8 Å². The number of amides is 2. The minimum absolute atomic E-state index is 0.115. The van der Waals surface area contributed by atoms with E-state index in [0.29, 0.717) is 17.9 Å². The van der Waals surface area contributed by atoms with Crippen LogP contribution in [0.1, 0.15) is 44.1 Å². The fourth-order valence-corrected chi connectivity index (χ4v) is 2.68. The number of carbonyl (C=O) groups excluding carboxylic acids is 2. The molecule has 1 aliphatic rings. The summed E-state index contributed by atoms with van der Waals surface area (Å²) in [6.45, 7) is 0. The Morgan fingerprint density at radius 3 is 2.29 bits per heavy atom. The second-order valence-electron chi connectivity index (χ2n) is 5.61. The lowest BCUT2D eigenvalue weighted by atomic mass is 9.87. The molecule has 0 atom stereocenters. The summed E-state index contributed by atoms with van der Waals surface area (Å²) >= 11 is 0. The Bertz CT molecular complexity index is 482. The number of hydrazine groups is 1. The van der Waals surface area contributed by atoms with Crippen LogP contribution in [0.15, 0.2) is 24.3 Å². The third-order valence-electron chi connectivity index (χ3n) is 3.82. The SMILES string of the molecule is O=C(Cc1ccc(F)cc1)NNC(=O)CC1CCCCC1. The van der Waals surface area contributed by atoms with E-state index in [1.165, 1.54) is 31.4 Å². The van der Waals surface area contributed by atoms with E-state index >= 15 is 0 Å². The molecule has 1 fully saturated rings. The van der Waals surface area contributed by atoms with Gasteiger partial charge in [-0.2, -0.15) is 0 Å². The Morgan fingerprint density at radius 2 is 1.62 bits per heavy atom. The summed E-state index contributed by atoms with van der Waals surface area (Å²) in [4.78, 5) is 23.4. The molecule has 21 heavy (non-hydrogen) atoms. The molecule has 2 rings (SSSR count). The molecule has 0 saturated heterocycles. The van der Waals surface area contributed by atoms with Crippen LogP contribution in [0, 0.1) is 11.7 Å². The highest BCUT2D eigenvalue weighted by molar-refractivity contribution is 5.83. The molecule has 0 aromatic heterocycles. The van der Waals surface area contributed by atoms with Gasteiger partial charge in [0, 0.05) is 6.42 Å². The predicted octanol–water partition coefficient (Wildman–Crippen LogP) is 2.49. The van der Waals surface area contributed by atoms with Crippen molar-refractivity contribution in [2.75, 3.05) is 0 Å². The van der Waals surface area contributed by atoms with Crippen LogP contribution < -0.4 is 10.9 Å². The average Bonchev–Trinajstić information content (AvgIpc) is 2.49. The van der Waals surface area contributed by atoms with Gasteiger partial charge in [-0.05, 0) is 36.5 Å². The lowest BCUT2D eigenvalue weighted by molar-refractivity contribution is -0.129. The first kappa shape index (κ1) is 15.5. The van der Waals surface area contributed by atoms with E-state index in [2.05, 4.69) is 10.9 Å². The predicted molar refractivity (Wildman–Crippen MR) is 77.6 cm³/mol. The summed E-state index contributed by atoms with van der Waals surface area (Å²) < 4.78 is 12.7. The topological polar surface area (TPSA) is 58.2 Å². The lowest BCUT2D eigenvalue weighted by Crippen LogP contribution is -2.43. The fourth-order valence-electron chi connectivity index (χ4n) is 2.68. The Kier molecular flexibility index (Phi) is 5.72. The third-order valence-corrected chi connectivity index (χ3v) is 3.82. The first-order valence-electron chi connectivity index (χ1n) is 7.45. The van der Waals surface area contributed by atoms with Crippen molar-refractivity contribution in [2.45, 2.75) is 44.9 Å². The number of halogens is 1. The standard InChI is InChI=1S/C16H21FN2O2/c17-14-8-6-13(7-9-14)11-16(21)19-18-15(20)10-12-4-2-1-3-5-12/h6-9,12H,1-5,10-11H2,(H,18,20)(H,19,21). The number of carbonyl (C=O) groups is 2. The van der Waals surface area contributed by atoms with Crippen LogP contribution in [-0.2, 0) is 16.0 Å². The van der Waals surface area contributed by atoms with Crippen molar-refractivity contribution in [1.82, 2.24) is 10.9 Å². The average molecular weight is 292 g/mol. The second-order valence-corrected chi connectivity index (χ2v) is 5.61. The van der Waals surface area contributed by atoms with Crippen LogP contribution in [0.25, 0.3) is 0 Å². The Morgan fingerprint density at radius 1 is 1.00 bits per heavy atom. The van der Waals surface area contributed by atoms with Crippen molar-refractivity contribution in [3.05, 3.63) is 35.6 Å². The van der Waals surface area contributed by atoms with Gasteiger partial charge in [0.15, 0.2) is 0 Å². The van der Waals surface area contributed by atoms with Crippen molar-refractivity contribution >= 4 is 11.8 Å². The van der Waals surface area contributed by atoms with Crippen molar-refractivity contribution in [1.29, 1.82) is 0 Å². The minimum Gasteiger partial charge on any atom is -0.273 e. The molecule has 0 unspecified atom stereocenters. The summed E-state index contributed by atoms with van der Waals surface area (Å²) in [5.74, 6) is -0.347.